The zero-order chi connectivity index (χ0) is 9.41. The van der Waals surface area contributed by atoms with E-state index >= 15 is 0 Å². The third kappa shape index (κ3) is 2.31. The fraction of sp³-hybridized carbons (Fsp3) is 1.00. The van der Waals surface area contributed by atoms with Gasteiger partial charge in [0.1, 0.15) is 0 Å². The second kappa shape index (κ2) is 2.85. The van der Waals surface area contributed by atoms with Crippen LogP contribution >= 0.6 is 0 Å². The van der Waals surface area contributed by atoms with Gasteiger partial charge in [-0.2, -0.15) is 17.6 Å². The summed E-state index contributed by atoms with van der Waals surface area (Å²) in [6.07, 6.45) is -7.48. The molecule has 0 unspecified atom stereocenters. The summed E-state index contributed by atoms with van der Waals surface area (Å²) >= 11 is 0. The Morgan fingerprint density at radius 3 is 1.92 bits per heavy atom. The van der Waals surface area contributed by atoms with E-state index < -0.39 is 25.3 Å². The molecule has 0 saturated carbocycles. The van der Waals surface area contributed by atoms with Crippen molar-refractivity contribution < 1.29 is 22.3 Å². The molecule has 12 heavy (non-hydrogen) atoms. The maximum absolute atomic E-state index is 12.4. The van der Waals surface area contributed by atoms with Gasteiger partial charge in [-0.05, 0) is 6.54 Å². The summed E-state index contributed by atoms with van der Waals surface area (Å²) in [7, 11) is 0. The Morgan fingerprint density at radius 1 is 1.17 bits per heavy atom. The zero-order valence-corrected chi connectivity index (χ0v) is 6.49. The summed E-state index contributed by atoms with van der Waals surface area (Å²) in [5.74, 6) is 0. The molecule has 0 aromatic heterocycles. The Bertz CT molecular complexity index is 157. The molecule has 1 heterocycles. The first-order valence-electron chi connectivity index (χ1n) is 3.53. The Hall–Kier alpha value is -0.360. The number of rotatable bonds is 1. The third-order valence-electron chi connectivity index (χ3n) is 1.56. The van der Waals surface area contributed by atoms with Gasteiger partial charge in [0.25, 0.3) is 0 Å². The SMILES string of the molecule is CCN1CC(F)(F)OC(F)(F)C1. The Morgan fingerprint density at radius 2 is 1.58 bits per heavy atom. The van der Waals surface area contributed by atoms with Gasteiger partial charge in [0.2, 0.25) is 0 Å². The monoisotopic (exact) mass is 187 g/mol. The van der Waals surface area contributed by atoms with Crippen molar-refractivity contribution in [1.82, 2.24) is 4.90 Å². The van der Waals surface area contributed by atoms with Crippen molar-refractivity contribution >= 4 is 0 Å². The minimum absolute atomic E-state index is 0.161. The first kappa shape index (κ1) is 9.73. The van der Waals surface area contributed by atoms with Crippen LogP contribution < -0.4 is 0 Å². The molecule has 0 radical (unpaired) electrons. The van der Waals surface area contributed by atoms with E-state index in [-0.39, 0.29) is 6.54 Å². The average Bonchev–Trinajstić information content (AvgIpc) is 1.80. The number of hydrogen-bond acceptors (Lipinski definition) is 2. The second-order valence-corrected chi connectivity index (χ2v) is 2.68. The van der Waals surface area contributed by atoms with Gasteiger partial charge in [0.05, 0.1) is 13.1 Å². The van der Waals surface area contributed by atoms with Gasteiger partial charge in [-0.3, -0.25) is 9.64 Å². The fourth-order valence-corrected chi connectivity index (χ4v) is 1.08. The van der Waals surface area contributed by atoms with Gasteiger partial charge in [-0.1, -0.05) is 6.92 Å². The fourth-order valence-electron chi connectivity index (χ4n) is 1.08. The van der Waals surface area contributed by atoms with Crippen molar-refractivity contribution in [2.45, 2.75) is 19.1 Å². The lowest BCUT2D eigenvalue weighted by Gasteiger charge is -2.36. The van der Waals surface area contributed by atoms with Crippen molar-refractivity contribution in [1.29, 1.82) is 0 Å². The molecule has 2 nitrogen and oxygen atoms in total. The Labute approximate surface area is 67.1 Å². The maximum atomic E-state index is 12.4. The van der Waals surface area contributed by atoms with Crippen LogP contribution in [0, 0.1) is 0 Å². The first-order valence-corrected chi connectivity index (χ1v) is 3.53. The highest BCUT2D eigenvalue weighted by Crippen LogP contribution is 2.32. The molecule has 0 aliphatic carbocycles. The number of halogens is 4. The predicted octanol–water partition coefficient (Wildman–Crippen LogP) is 1.52. The number of alkyl halides is 4. The molecule has 0 aromatic carbocycles. The highest BCUT2D eigenvalue weighted by molar-refractivity contribution is 4.75. The molecule has 0 atom stereocenters. The summed E-state index contributed by atoms with van der Waals surface area (Å²) in [5.41, 5.74) is 0. The number of nitrogens with zero attached hydrogens (tertiary/aromatic N) is 1. The summed E-state index contributed by atoms with van der Waals surface area (Å²) in [6.45, 7) is 0.171. The van der Waals surface area contributed by atoms with Crippen molar-refractivity contribution in [2.24, 2.45) is 0 Å². The van der Waals surface area contributed by atoms with Gasteiger partial charge < -0.3 is 0 Å². The van der Waals surface area contributed by atoms with Crippen molar-refractivity contribution in [2.75, 3.05) is 19.6 Å². The van der Waals surface area contributed by atoms with Gasteiger partial charge in [0.15, 0.2) is 0 Å². The standard InChI is InChI=1S/C6H9F4NO/c1-2-11-3-5(7,8)12-6(9,10)4-11/h2-4H2,1H3. The lowest BCUT2D eigenvalue weighted by molar-refractivity contribution is -0.404. The summed E-state index contributed by atoms with van der Waals surface area (Å²) < 4.78 is 52.9. The van der Waals surface area contributed by atoms with Crippen molar-refractivity contribution in [3.05, 3.63) is 0 Å². The molecule has 0 bridgehead atoms. The summed E-state index contributed by atoms with van der Waals surface area (Å²) in [6, 6.07) is 0. The molecular weight excluding hydrogens is 178 g/mol. The zero-order valence-electron chi connectivity index (χ0n) is 6.49. The number of likely N-dealkylation sites (N-methyl/N-ethyl adjacent to an activating group) is 1. The molecular formula is C6H9F4NO. The number of ether oxygens (including phenoxy) is 1. The second-order valence-electron chi connectivity index (χ2n) is 2.68. The molecule has 0 N–H and O–H groups in total. The largest absolute Gasteiger partial charge is 0.372 e. The topological polar surface area (TPSA) is 12.5 Å². The Kier molecular flexibility index (Phi) is 2.31. The minimum Gasteiger partial charge on any atom is -0.287 e. The van der Waals surface area contributed by atoms with Crippen LogP contribution in [0.3, 0.4) is 0 Å². The first-order chi connectivity index (χ1) is 5.35. The molecule has 0 amide bonds. The van der Waals surface area contributed by atoms with Crippen LogP contribution in [-0.2, 0) is 4.74 Å². The van der Waals surface area contributed by atoms with E-state index in [0.717, 1.165) is 4.90 Å². The molecule has 1 rings (SSSR count). The number of morpholine rings is 1. The summed E-state index contributed by atoms with van der Waals surface area (Å²) in [4.78, 5) is 0.948. The molecule has 1 aliphatic rings. The van der Waals surface area contributed by atoms with E-state index in [1.54, 1.807) is 0 Å². The minimum atomic E-state index is -3.74. The van der Waals surface area contributed by atoms with Gasteiger partial charge >= 0.3 is 12.2 Å². The predicted molar refractivity (Wildman–Crippen MR) is 33.1 cm³/mol. The van der Waals surface area contributed by atoms with E-state index in [1.807, 2.05) is 0 Å². The quantitative estimate of drug-likeness (QED) is 0.577. The van der Waals surface area contributed by atoms with Crippen LogP contribution in [0.5, 0.6) is 0 Å². The summed E-state index contributed by atoms with van der Waals surface area (Å²) in [5, 5.41) is 0. The van der Waals surface area contributed by atoms with Gasteiger partial charge in [0, 0.05) is 0 Å². The van der Waals surface area contributed by atoms with Gasteiger partial charge in [-0.15, -0.1) is 0 Å². The maximum Gasteiger partial charge on any atom is 0.372 e. The van der Waals surface area contributed by atoms with Crippen LogP contribution in [0.25, 0.3) is 0 Å². The molecule has 72 valence electrons. The van der Waals surface area contributed by atoms with E-state index in [0.29, 0.717) is 0 Å². The smallest absolute Gasteiger partial charge is 0.287 e. The molecule has 1 saturated heterocycles. The van der Waals surface area contributed by atoms with Crippen molar-refractivity contribution in [3.8, 4) is 0 Å². The molecule has 0 aromatic rings. The lowest BCUT2D eigenvalue weighted by atomic mass is 10.3. The van der Waals surface area contributed by atoms with Crippen LogP contribution in [0.1, 0.15) is 6.92 Å². The van der Waals surface area contributed by atoms with E-state index in [2.05, 4.69) is 4.74 Å². The molecule has 6 heteroatoms. The third-order valence-corrected chi connectivity index (χ3v) is 1.56. The van der Waals surface area contributed by atoms with E-state index in [9.17, 15) is 17.6 Å². The molecule has 1 aliphatic heterocycles. The van der Waals surface area contributed by atoms with Crippen LogP contribution in [0.15, 0.2) is 0 Å². The molecule has 1 fully saturated rings. The number of hydrogen-bond donors (Lipinski definition) is 0. The lowest BCUT2D eigenvalue weighted by Crippen LogP contribution is -2.54. The van der Waals surface area contributed by atoms with Crippen LogP contribution in [0.4, 0.5) is 17.6 Å². The van der Waals surface area contributed by atoms with E-state index in [4.69, 9.17) is 0 Å². The average molecular weight is 187 g/mol. The van der Waals surface area contributed by atoms with Crippen LogP contribution in [0.2, 0.25) is 0 Å². The molecule has 0 spiro atoms. The van der Waals surface area contributed by atoms with Gasteiger partial charge in [-0.25, -0.2) is 0 Å². The Balaban J connectivity index is 2.66. The highest BCUT2D eigenvalue weighted by Gasteiger charge is 2.50. The van der Waals surface area contributed by atoms with Crippen molar-refractivity contribution in [3.63, 3.8) is 0 Å². The van der Waals surface area contributed by atoms with E-state index in [1.165, 1.54) is 6.92 Å². The highest BCUT2D eigenvalue weighted by atomic mass is 19.3. The normalized spacial score (nSPS) is 28.8. The van der Waals surface area contributed by atoms with Crippen LogP contribution in [-0.4, -0.2) is 36.8 Å².